The number of hydrogen-bond donors (Lipinski definition) is 2. The van der Waals surface area contributed by atoms with Gasteiger partial charge in [0.1, 0.15) is 0 Å². The predicted octanol–water partition coefficient (Wildman–Crippen LogP) is 1.26. The Hall–Kier alpha value is 0.0800. The van der Waals surface area contributed by atoms with Crippen molar-refractivity contribution in [3.05, 3.63) is 29.3 Å². The molecule has 0 fully saturated rings. The van der Waals surface area contributed by atoms with Gasteiger partial charge in [-0.2, -0.15) is 0 Å². The number of benzene rings is 1. The normalized spacial score (nSPS) is 11.5. The Kier molecular flexibility index (Phi) is 2.68. The first-order chi connectivity index (χ1) is 5.02. The summed E-state index contributed by atoms with van der Waals surface area (Å²) in [6.45, 7) is -3.35. The van der Waals surface area contributed by atoms with E-state index in [1.165, 1.54) is 6.07 Å². The Labute approximate surface area is 74.6 Å². The molecule has 2 nitrogen and oxygen atoms in total. The highest BCUT2D eigenvalue weighted by Gasteiger charge is 2.14. The van der Waals surface area contributed by atoms with Gasteiger partial charge in [-0.25, -0.2) is 0 Å². The minimum absolute atomic E-state index is 0.247. The predicted molar refractivity (Wildman–Crippen MR) is 49.8 cm³/mol. The smallest absolute Gasteiger partial charge is 0.215 e. The fourth-order valence-electron chi connectivity index (χ4n) is 0.688. The summed E-state index contributed by atoms with van der Waals surface area (Å²) in [4.78, 5) is 18.1. The van der Waals surface area contributed by atoms with Crippen molar-refractivity contribution in [2.45, 2.75) is 0 Å². The van der Waals surface area contributed by atoms with E-state index in [1.54, 1.807) is 18.2 Å². The minimum Gasteiger partial charge on any atom is -0.342 e. The summed E-state index contributed by atoms with van der Waals surface area (Å²) in [5, 5.41) is 0.553. The molecular weight excluding hydrogens is 203 g/mol. The van der Waals surface area contributed by atoms with Crippen LogP contribution in [0.3, 0.4) is 0 Å². The van der Waals surface area contributed by atoms with Gasteiger partial charge in [0.25, 0.3) is 0 Å². The molecule has 5 heteroatoms. The first-order valence-corrected chi connectivity index (χ1v) is 5.91. The van der Waals surface area contributed by atoms with Crippen LogP contribution in [0.5, 0.6) is 0 Å². The SMILES string of the molecule is OP(O)(=S)c1ccccc1Cl. The van der Waals surface area contributed by atoms with Crippen LogP contribution in [-0.2, 0) is 11.8 Å². The lowest BCUT2D eigenvalue weighted by atomic mass is 10.4. The molecule has 0 aromatic heterocycles. The van der Waals surface area contributed by atoms with Crippen LogP contribution in [0.25, 0.3) is 0 Å². The van der Waals surface area contributed by atoms with Crippen LogP contribution in [0.15, 0.2) is 24.3 Å². The third-order valence-corrected chi connectivity index (χ3v) is 3.24. The molecule has 1 aromatic carbocycles. The van der Waals surface area contributed by atoms with E-state index in [0.29, 0.717) is 5.02 Å². The molecule has 0 saturated carbocycles. The Morgan fingerprint density at radius 1 is 1.27 bits per heavy atom. The summed E-state index contributed by atoms with van der Waals surface area (Å²) in [6, 6.07) is 6.46. The second-order valence-electron chi connectivity index (χ2n) is 2.00. The largest absolute Gasteiger partial charge is 0.342 e. The maximum Gasteiger partial charge on any atom is 0.215 e. The van der Waals surface area contributed by atoms with E-state index >= 15 is 0 Å². The second-order valence-corrected chi connectivity index (χ2v) is 5.50. The molecule has 0 amide bonds. The van der Waals surface area contributed by atoms with Gasteiger partial charge >= 0.3 is 0 Å². The van der Waals surface area contributed by atoms with Crippen molar-refractivity contribution < 1.29 is 9.79 Å². The molecule has 0 spiro atoms. The van der Waals surface area contributed by atoms with Gasteiger partial charge in [-0.15, -0.1) is 0 Å². The highest BCUT2D eigenvalue weighted by atomic mass is 35.5. The van der Waals surface area contributed by atoms with Crippen molar-refractivity contribution in [1.29, 1.82) is 0 Å². The van der Waals surface area contributed by atoms with E-state index in [1.807, 2.05) is 0 Å². The van der Waals surface area contributed by atoms with Crippen molar-refractivity contribution in [3.8, 4) is 0 Å². The van der Waals surface area contributed by atoms with Gasteiger partial charge in [-0.1, -0.05) is 23.7 Å². The van der Waals surface area contributed by atoms with Crippen LogP contribution >= 0.6 is 18.1 Å². The van der Waals surface area contributed by atoms with E-state index in [4.69, 9.17) is 21.4 Å². The topological polar surface area (TPSA) is 40.5 Å². The van der Waals surface area contributed by atoms with Crippen LogP contribution in [0.4, 0.5) is 0 Å². The maximum absolute atomic E-state index is 9.07. The Balaban J connectivity index is 3.25. The molecule has 0 atom stereocenters. The van der Waals surface area contributed by atoms with Gasteiger partial charge in [0.2, 0.25) is 6.49 Å². The van der Waals surface area contributed by atoms with Crippen molar-refractivity contribution in [2.75, 3.05) is 0 Å². The molecule has 0 unspecified atom stereocenters. The number of hydrogen-bond acceptors (Lipinski definition) is 1. The highest BCUT2D eigenvalue weighted by molar-refractivity contribution is 8.12. The van der Waals surface area contributed by atoms with Gasteiger partial charge in [0.05, 0.1) is 10.3 Å². The average molecular weight is 209 g/mol. The van der Waals surface area contributed by atoms with E-state index in [-0.39, 0.29) is 5.30 Å². The third kappa shape index (κ3) is 2.26. The molecular formula is C6H6ClO2PS. The maximum atomic E-state index is 9.07. The molecule has 0 aliphatic heterocycles. The quantitative estimate of drug-likeness (QED) is 0.683. The van der Waals surface area contributed by atoms with E-state index < -0.39 is 6.49 Å². The van der Waals surface area contributed by atoms with Gasteiger partial charge < -0.3 is 9.79 Å². The van der Waals surface area contributed by atoms with E-state index in [2.05, 4.69) is 11.8 Å². The van der Waals surface area contributed by atoms with Crippen LogP contribution in [0.1, 0.15) is 0 Å². The van der Waals surface area contributed by atoms with Crippen LogP contribution in [0.2, 0.25) is 5.02 Å². The Morgan fingerprint density at radius 3 is 2.18 bits per heavy atom. The molecule has 0 aliphatic carbocycles. The molecule has 0 radical (unpaired) electrons. The lowest BCUT2D eigenvalue weighted by molar-refractivity contribution is 0.493. The van der Waals surface area contributed by atoms with Gasteiger partial charge in [-0.05, 0) is 23.9 Å². The molecule has 0 bridgehead atoms. The Morgan fingerprint density at radius 2 is 1.82 bits per heavy atom. The van der Waals surface area contributed by atoms with Crippen LogP contribution < -0.4 is 5.30 Å². The lowest BCUT2D eigenvalue weighted by Gasteiger charge is -2.08. The van der Waals surface area contributed by atoms with Crippen molar-refractivity contribution in [3.63, 3.8) is 0 Å². The molecule has 1 aromatic rings. The van der Waals surface area contributed by atoms with E-state index in [9.17, 15) is 0 Å². The van der Waals surface area contributed by atoms with Crippen LogP contribution in [-0.4, -0.2) is 9.79 Å². The zero-order chi connectivity index (χ0) is 8.48. The van der Waals surface area contributed by atoms with Crippen molar-refractivity contribution >= 4 is 35.2 Å². The fourth-order valence-corrected chi connectivity index (χ4v) is 2.44. The summed E-state index contributed by atoms with van der Waals surface area (Å²) in [5.74, 6) is 0. The zero-order valence-electron chi connectivity index (χ0n) is 5.44. The van der Waals surface area contributed by atoms with Crippen molar-refractivity contribution in [1.82, 2.24) is 0 Å². The number of rotatable bonds is 1. The van der Waals surface area contributed by atoms with Gasteiger partial charge in [0, 0.05) is 0 Å². The molecule has 0 saturated heterocycles. The lowest BCUT2D eigenvalue weighted by Crippen LogP contribution is -2.03. The van der Waals surface area contributed by atoms with Gasteiger partial charge in [0.15, 0.2) is 0 Å². The van der Waals surface area contributed by atoms with Crippen molar-refractivity contribution in [2.24, 2.45) is 0 Å². The fraction of sp³-hybridized carbons (Fsp3) is 0. The third-order valence-electron chi connectivity index (χ3n) is 1.17. The second kappa shape index (κ2) is 3.21. The van der Waals surface area contributed by atoms with Crippen LogP contribution in [0, 0.1) is 0 Å². The number of halogens is 1. The molecule has 0 heterocycles. The summed E-state index contributed by atoms with van der Waals surface area (Å²) in [6.07, 6.45) is 0. The molecule has 60 valence electrons. The summed E-state index contributed by atoms with van der Waals surface area (Å²) in [5.41, 5.74) is 0. The molecule has 11 heavy (non-hydrogen) atoms. The molecule has 0 aliphatic rings. The molecule has 2 N–H and O–H groups in total. The summed E-state index contributed by atoms with van der Waals surface area (Å²) >= 11 is 10.1. The first-order valence-electron chi connectivity index (χ1n) is 2.82. The molecule has 1 rings (SSSR count). The van der Waals surface area contributed by atoms with Gasteiger partial charge in [-0.3, -0.25) is 0 Å². The summed E-state index contributed by atoms with van der Waals surface area (Å²) in [7, 11) is 0. The summed E-state index contributed by atoms with van der Waals surface area (Å²) < 4.78 is 0. The van der Waals surface area contributed by atoms with E-state index in [0.717, 1.165) is 0 Å². The minimum atomic E-state index is -3.35. The zero-order valence-corrected chi connectivity index (χ0v) is 7.90. The monoisotopic (exact) mass is 208 g/mol. The average Bonchev–Trinajstić information content (AvgIpc) is 1.86. The Bertz CT molecular complexity index is 309. The standard InChI is InChI=1S/C6H6ClO2PS/c7-5-3-1-2-4-6(5)10(8,9)11/h1-4H,(H2,8,9,11). The highest BCUT2D eigenvalue weighted by Crippen LogP contribution is 2.36. The first kappa shape index (κ1) is 9.17.